The number of benzene rings is 1. The second-order valence-electron chi connectivity index (χ2n) is 14.8. The number of rotatable bonds is 15. The maximum Gasteiger partial charge on any atom is 0.475 e. The number of fused-ring (bicyclic) bond motifs is 1. The molecule has 0 fully saturated rings. The molecule has 1 aromatic carbocycles. The number of phosphoric ester groups is 1. The van der Waals surface area contributed by atoms with Crippen molar-refractivity contribution >= 4 is 54.7 Å². The number of aliphatic imine (C=N–C) groups is 1. The molecule has 312 valence electrons. The van der Waals surface area contributed by atoms with Crippen LogP contribution in [0.4, 0.5) is 29.5 Å². The van der Waals surface area contributed by atoms with Gasteiger partial charge in [0.2, 0.25) is 0 Å². The van der Waals surface area contributed by atoms with Gasteiger partial charge in [-0.3, -0.25) is 33.5 Å². The normalized spacial score (nSPS) is 16.7. The number of carbonyl (C=O) groups excluding carboxylic acids is 3. The molecule has 3 aromatic rings. The molecular weight excluding hydrogens is 794 g/mol. The molecule has 0 saturated heterocycles. The third-order valence-corrected chi connectivity index (χ3v) is 11.0. The number of ketones is 1. The molecule has 15 nitrogen and oxygen atoms in total. The summed E-state index contributed by atoms with van der Waals surface area (Å²) in [5.74, 6) is -2.81. The number of alkyl halides is 3. The van der Waals surface area contributed by atoms with Crippen LogP contribution in [0.2, 0.25) is 0 Å². The van der Waals surface area contributed by atoms with Gasteiger partial charge in [0, 0.05) is 61.2 Å². The largest absolute Gasteiger partial charge is 0.475 e. The molecule has 2 aromatic heterocycles. The first-order valence-electron chi connectivity index (χ1n) is 17.7. The van der Waals surface area contributed by atoms with E-state index in [9.17, 15) is 32.1 Å². The van der Waals surface area contributed by atoms with Gasteiger partial charge in [-0.15, -0.1) is 11.3 Å². The topological polar surface area (TPSA) is 186 Å². The molecule has 1 aliphatic heterocycles. The number of nitrogens with one attached hydrogen (secondary N) is 2. The summed E-state index contributed by atoms with van der Waals surface area (Å²) in [7, 11) is -1.50. The SMILES string of the molecule is CCNC(=O)Nc1cc(-c2nc(C(F)(F)F)cs2)c(-c2ccc3c(c2)C(=O)C(C(=O)OCCOP(=O)(OC(C)(C)C)OC(C)(C)C)(C(C)C(OC)OC)C=N3)cn1. The summed E-state index contributed by atoms with van der Waals surface area (Å²) in [6.45, 7) is 12.6. The maximum atomic E-state index is 14.7. The molecule has 0 spiro atoms. The molecule has 0 saturated carbocycles. The summed E-state index contributed by atoms with van der Waals surface area (Å²) < 4.78 is 87.7. The van der Waals surface area contributed by atoms with Crippen molar-refractivity contribution in [3.63, 3.8) is 0 Å². The van der Waals surface area contributed by atoms with Gasteiger partial charge in [0.1, 0.15) is 17.4 Å². The van der Waals surface area contributed by atoms with Crippen molar-refractivity contribution in [1.29, 1.82) is 0 Å². The third kappa shape index (κ3) is 11.1. The Labute approximate surface area is 332 Å². The minimum Gasteiger partial charge on any atom is -0.462 e. The van der Waals surface area contributed by atoms with Crippen LogP contribution in [-0.2, 0) is 43.3 Å². The van der Waals surface area contributed by atoms with Gasteiger partial charge in [-0.25, -0.2) is 19.3 Å². The first kappa shape index (κ1) is 45.6. The van der Waals surface area contributed by atoms with Crippen molar-refractivity contribution in [2.24, 2.45) is 16.3 Å². The van der Waals surface area contributed by atoms with Crippen LogP contribution in [0.3, 0.4) is 0 Å². The molecular formula is C37H47F3N5O10PS. The van der Waals surface area contributed by atoms with E-state index in [0.717, 1.165) is 22.9 Å². The molecule has 3 heterocycles. The van der Waals surface area contributed by atoms with Crippen LogP contribution in [0.25, 0.3) is 21.7 Å². The van der Waals surface area contributed by atoms with Gasteiger partial charge >= 0.3 is 26.0 Å². The molecule has 1 aliphatic rings. The predicted octanol–water partition coefficient (Wildman–Crippen LogP) is 8.47. The zero-order valence-electron chi connectivity index (χ0n) is 33.2. The second-order valence-corrected chi connectivity index (χ2v) is 17.2. The summed E-state index contributed by atoms with van der Waals surface area (Å²) in [5, 5.41) is 5.92. The highest BCUT2D eigenvalue weighted by atomic mass is 32.1. The number of ether oxygens (including phenoxy) is 3. The monoisotopic (exact) mass is 841 g/mol. The lowest BCUT2D eigenvalue weighted by atomic mass is 9.69. The Kier molecular flexibility index (Phi) is 14.2. The molecule has 2 N–H and O–H groups in total. The lowest BCUT2D eigenvalue weighted by molar-refractivity contribution is -0.171. The van der Waals surface area contributed by atoms with E-state index in [1.807, 2.05) is 0 Å². The average molecular weight is 842 g/mol. The van der Waals surface area contributed by atoms with Crippen molar-refractivity contribution < 1.29 is 59.9 Å². The smallest absolute Gasteiger partial charge is 0.462 e. The first-order valence-corrected chi connectivity index (χ1v) is 20.0. The minimum atomic E-state index is -4.72. The van der Waals surface area contributed by atoms with Crippen molar-refractivity contribution in [3.05, 3.63) is 47.1 Å². The van der Waals surface area contributed by atoms with E-state index >= 15 is 0 Å². The number of phosphoric acid groups is 1. The van der Waals surface area contributed by atoms with E-state index in [-0.39, 0.29) is 33.2 Å². The highest BCUT2D eigenvalue weighted by molar-refractivity contribution is 7.48. The van der Waals surface area contributed by atoms with E-state index in [1.165, 1.54) is 38.6 Å². The van der Waals surface area contributed by atoms with Gasteiger partial charge in [0.05, 0.1) is 23.5 Å². The number of halogens is 3. The van der Waals surface area contributed by atoms with Gasteiger partial charge in [0.25, 0.3) is 0 Å². The minimum absolute atomic E-state index is 0.0260. The van der Waals surface area contributed by atoms with Crippen LogP contribution in [-0.4, -0.2) is 85.4 Å². The number of aromatic nitrogens is 2. The summed E-state index contributed by atoms with van der Waals surface area (Å²) in [5.41, 5.74) is -4.19. The summed E-state index contributed by atoms with van der Waals surface area (Å²) in [6.07, 6.45) is -3.34. The molecule has 2 unspecified atom stereocenters. The van der Waals surface area contributed by atoms with E-state index in [4.69, 9.17) is 27.8 Å². The van der Waals surface area contributed by atoms with Crippen LogP contribution in [0, 0.1) is 11.3 Å². The third-order valence-electron chi connectivity index (χ3n) is 8.11. The lowest BCUT2D eigenvalue weighted by Gasteiger charge is -2.37. The number of urea groups is 1. The fraction of sp³-hybridized carbons (Fsp3) is 0.514. The fourth-order valence-corrected chi connectivity index (χ4v) is 8.39. The van der Waals surface area contributed by atoms with Gasteiger partial charge in [-0.05, 0) is 72.2 Å². The van der Waals surface area contributed by atoms with Crippen LogP contribution < -0.4 is 10.6 Å². The fourth-order valence-electron chi connectivity index (χ4n) is 5.75. The Morgan fingerprint density at radius 3 is 2.18 bits per heavy atom. The summed E-state index contributed by atoms with van der Waals surface area (Å²) in [6, 6.07) is 5.30. The van der Waals surface area contributed by atoms with Crippen molar-refractivity contribution in [3.8, 4) is 21.7 Å². The van der Waals surface area contributed by atoms with E-state index in [2.05, 4.69) is 25.6 Å². The average Bonchev–Trinajstić information content (AvgIpc) is 3.61. The van der Waals surface area contributed by atoms with Gasteiger partial charge in [0.15, 0.2) is 23.2 Å². The van der Waals surface area contributed by atoms with Gasteiger partial charge in [-0.2, -0.15) is 13.2 Å². The van der Waals surface area contributed by atoms with Crippen LogP contribution in [0.1, 0.15) is 71.4 Å². The molecule has 0 radical (unpaired) electrons. The zero-order valence-corrected chi connectivity index (χ0v) is 34.9. The number of pyridine rings is 1. The summed E-state index contributed by atoms with van der Waals surface area (Å²) in [4.78, 5) is 53.7. The molecule has 2 amide bonds. The Morgan fingerprint density at radius 2 is 1.61 bits per heavy atom. The number of methoxy groups -OCH3 is 2. The van der Waals surface area contributed by atoms with Crippen molar-refractivity contribution in [2.45, 2.75) is 79.1 Å². The summed E-state index contributed by atoms with van der Waals surface area (Å²) >= 11 is 0.727. The molecule has 4 rings (SSSR count). The van der Waals surface area contributed by atoms with Crippen LogP contribution in [0.5, 0.6) is 0 Å². The lowest BCUT2D eigenvalue weighted by Crippen LogP contribution is -2.53. The number of carbonyl (C=O) groups is 3. The Morgan fingerprint density at radius 1 is 0.965 bits per heavy atom. The Bertz CT molecular complexity index is 2010. The number of Topliss-reactive ketones (excluding diaryl/α,β-unsaturated/α-hetero) is 1. The van der Waals surface area contributed by atoms with Crippen LogP contribution in [0.15, 0.2) is 40.8 Å². The predicted molar refractivity (Wildman–Crippen MR) is 207 cm³/mol. The maximum absolute atomic E-state index is 14.7. The van der Waals surface area contributed by atoms with Crippen LogP contribution >= 0.6 is 19.2 Å². The molecule has 20 heteroatoms. The molecule has 0 bridgehead atoms. The number of hydrogen-bond acceptors (Lipinski definition) is 14. The number of esters is 1. The standard InChI is InChI=1S/C37H47F3N5O10PS/c1-11-41-33(48)45-28-17-23(30-44-27(19-57-30)37(38,39)40)25(18-42-28)22-12-13-26-24(16-22)29(46)36(20-43-26,21(2)31(50-9)51-10)32(47)52-14-15-53-56(49,54-34(3,4)5)55-35(6,7)8/h12-13,16-21,31H,11,14-15H2,1-10H3,(H2,41,42,45,48). The number of anilines is 1. The van der Waals surface area contributed by atoms with E-state index in [0.29, 0.717) is 12.1 Å². The highest BCUT2D eigenvalue weighted by Crippen LogP contribution is 2.55. The quantitative estimate of drug-likeness (QED) is 0.0490. The van der Waals surface area contributed by atoms with E-state index < -0.39 is 79.5 Å². The Hall–Kier alpha value is -4.10. The van der Waals surface area contributed by atoms with E-state index in [1.54, 1.807) is 61.5 Å². The molecule has 2 atom stereocenters. The molecule has 0 aliphatic carbocycles. The Balaban J connectivity index is 1.74. The number of hydrogen-bond donors (Lipinski definition) is 2. The number of nitrogens with zero attached hydrogens (tertiary/aromatic N) is 3. The van der Waals surface area contributed by atoms with Gasteiger partial charge < -0.3 is 19.5 Å². The first-order chi connectivity index (χ1) is 26.5. The second kappa shape index (κ2) is 17.8. The highest BCUT2D eigenvalue weighted by Gasteiger charge is 2.56. The number of thiazole rings is 1. The van der Waals surface area contributed by atoms with Crippen molar-refractivity contribution in [1.82, 2.24) is 15.3 Å². The zero-order chi connectivity index (χ0) is 42.6. The van der Waals surface area contributed by atoms with Gasteiger partial charge in [-0.1, -0.05) is 13.0 Å². The molecule has 57 heavy (non-hydrogen) atoms. The number of amides is 2. The van der Waals surface area contributed by atoms with Crippen molar-refractivity contribution in [2.75, 3.05) is 39.3 Å².